The quantitative estimate of drug-likeness (QED) is 0.839. The average Bonchev–Trinajstić information content (AvgIpc) is 2.52. The Labute approximate surface area is 143 Å². The highest BCUT2D eigenvalue weighted by atomic mass is 19.1. The molecule has 0 bridgehead atoms. The van der Waals surface area contributed by atoms with Crippen molar-refractivity contribution >= 4 is 11.6 Å². The first-order chi connectivity index (χ1) is 11.4. The number of benzene rings is 2. The van der Waals surface area contributed by atoms with Gasteiger partial charge in [-0.2, -0.15) is 0 Å². The van der Waals surface area contributed by atoms with Crippen LogP contribution >= 0.6 is 0 Å². The summed E-state index contributed by atoms with van der Waals surface area (Å²) in [6.45, 7) is 8.51. The molecule has 0 aliphatic carbocycles. The van der Waals surface area contributed by atoms with Crippen molar-refractivity contribution in [1.82, 2.24) is 0 Å². The largest absolute Gasteiger partial charge is 0.332 e. The number of carbonyl (C=O) groups is 1. The number of carbonyl (C=O) groups excluding carboxylic acids is 1. The Kier molecular flexibility index (Phi) is 6.10. The van der Waals surface area contributed by atoms with Gasteiger partial charge in [-0.25, -0.2) is 4.39 Å². The third-order valence-corrected chi connectivity index (χ3v) is 4.28. The number of aryl methyl sites for hydroxylation is 2. The van der Waals surface area contributed by atoms with E-state index in [1.54, 1.807) is 12.1 Å². The minimum Gasteiger partial charge on any atom is -0.332 e. The third kappa shape index (κ3) is 4.65. The van der Waals surface area contributed by atoms with Crippen molar-refractivity contribution in [2.45, 2.75) is 33.7 Å². The van der Waals surface area contributed by atoms with Gasteiger partial charge in [0, 0.05) is 17.2 Å². The van der Waals surface area contributed by atoms with Gasteiger partial charge < -0.3 is 10.6 Å². The zero-order valence-electron chi connectivity index (χ0n) is 14.8. The van der Waals surface area contributed by atoms with Crippen LogP contribution in [0.3, 0.4) is 0 Å². The van der Waals surface area contributed by atoms with Crippen LogP contribution in [0.25, 0.3) is 0 Å². The molecule has 0 aromatic heterocycles. The van der Waals surface area contributed by atoms with Crippen LogP contribution < -0.4 is 10.6 Å². The van der Waals surface area contributed by atoms with Crippen molar-refractivity contribution in [3.63, 3.8) is 0 Å². The smallest absolute Gasteiger partial charge is 0.279 e. The Bertz CT molecular complexity index is 675. The van der Waals surface area contributed by atoms with E-state index in [0.29, 0.717) is 12.5 Å². The first kappa shape index (κ1) is 18.1. The van der Waals surface area contributed by atoms with Gasteiger partial charge in [0.25, 0.3) is 5.91 Å². The molecule has 0 aliphatic rings. The number of hydrogen-bond donors (Lipinski definition) is 2. The van der Waals surface area contributed by atoms with E-state index in [2.05, 4.69) is 19.2 Å². The number of rotatable bonds is 6. The zero-order valence-corrected chi connectivity index (χ0v) is 14.8. The molecule has 3 nitrogen and oxygen atoms in total. The lowest BCUT2D eigenvalue weighted by atomic mass is 9.96. The molecule has 2 aromatic carbocycles. The third-order valence-electron chi connectivity index (χ3n) is 4.28. The van der Waals surface area contributed by atoms with E-state index in [-0.39, 0.29) is 17.8 Å². The van der Waals surface area contributed by atoms with E-state index in [1.165, 1.54) is 12.1 Å². The van der Waals surface area contributed by atoms with Crippen LogP contribution in [0.5, 0.6) is 0 Å². The Morgan fingerprint density at radius 1 is 1.08 bits per heavy atom. The maximum absolute atomic E-state index is 13.1. The minimum absolute atomic E-state index is 0.0276. The van der Waals surface area contributed by atoms with Crippen LogP contribution in [-0.2, 0) is 4.79 Å². The fourth-order valence-corrected chi connectivity index (χ4v) is 2.91. The van der Waals surface area contributed by atoms with Crippen molar-refractivity contribution in [3.05, 3.63) is 65.0 Å². The first-order valence-corrected chi connectivity index (χ1v) is 8.33. The van der Waals surface area contributed by atoms with E-state index < -0.39 is 0 Å². The number of anilines is 1. The number of amides is 1. The van der Waals surface area contributed by atoms with Gasteiger partial charge in [-0.05, 0) is 37.1 Å². The van der Waals surface area contributed by atoms with Gasteiger partial charge in [0.15, 0.2) is 6.54 Å². The Balaban J connectivity index is 2.01. The zero-order chi connectivity index (χ0) is 17.7. The van der Waals surface area contributed by atoms with Gasteiger partial charge >= 0.3 is 0 Å². The molecule has 24 heavy (non-hydrogen) atoms. The number of halogens is 1. The summed E-state index contributed by atoms with van der Waals surface area (Å²) in [5.41, 5.74) is 4.04. The molecule has 0 spiro atoms. The second-order valence-corrected chi connectivity index (χ2v) is 6.58. The second-order valence-electron chi connectivity index (χ2n) is 6.58. The summed E-state index contributed by atoms with van der Waals surface area (Å²) in [5, 5.41) is 5.02. The van der Waals surface area contributed by atoms with Crippen LogP contribution in [-0.4, -0.2) is 12.5 Å². The van der Waals surface area contributed by atoms with Crippen molar-refractivity contribution in [1.29, 1.82) is 0 Å². The summed E-state index contributed by atoms with van der Waals surface area (Å²) in [6, 6.07) is 12.6. The average molecular weight is 329 g/mol. The van der Waals surface area contributed by atoms with Gasteiger partial charge in [0.05, 0.1) is 0 Å². The maximum atomic E-state index is 13.1. The number of quaternary nitrogens is 1. The molecule has 0 saturated heterocycles. The summed E-state index contributed by atoms with van der Waals surface area (Å²) in [7, 11) is 0. The standard InChI is InChI=1S/C20H25FN2O/c1-13(2)19(16-8-10-17(21)11-9-16)22-12-18(24)23-20-14(3)6-5-7-15(20)4/h5-11,13,19,22H,12H2,1-4H3,(H,23,24)/p+1/t19-/m1/s1. The van der Waals surface area contributed by atoms with Crippen LogP contribution in [0, 0.1) is 25.6 Å². The van der Waals surface area contributed by atoms with Gasteiger partial charge in [-0.1, -0.05) is 44.2 Å². The molecule has 0 heterocycles. The highest BCUT2D eigenvalue weighted by Crippen LogP contribution is 2.20. The fourth-order valence-electron chi connectivity index (χ4n) is 2.91. The summed E-state index contributed by atoms with van der Waals surface area (Å²) >= 11 is 0. The molecule has 0 saturated carbocycles. The van der Waals surface area contributed by atoms with Crippen LogP contribution in [0.1, 0.15) is 36.6 Å². The summed E-state index contributed by atoms with van der Waals surface area (Å²) < 4.78 is 13.1. The van der Waals surface area contributed by atoms with Crippen molar-refractivity contribution in [2.24, 2.45) is 5.92 Å². The normalized spacial score (nSPS) is 12.2. The van der Waals surface area contributed by atoms with E-state index in [4.69, 9.17) is 0 Å². The molecule has 3 N–H and O–H groups in total. The monoisotopic (exact) mass is 329 g/mol. The topological polar surface area (TPSA) is 45.7 Å². The maximum Gasteiger partial charge on any atom is 0.279 e. The molecule has 4 heteroatoms. The van der Waals surface area contributed by atoms with Crippen molar-refractivity contribution in [3.8, 4) is 0 Å². The van der Waals surface area contributed by atoms with Crippen molar-refractivity contribution < 1.29 is 14.5 Å². The molecule has 0 unspecified atom stereocenters. The highest BCUT2D eigenvalue weighted by molar-refractivity contribution is 5.92. The number of nitrogens with two attached hydrogens (primary N) is 1. The van der Waals surface area contributed by atoms with Gasteiger partial charge in [0.2, 0.25) is 0 Å². The molecule has 0 aliphatic heterocycles. The highest BCUT2D eigenvalue weighted by Gasteiger charge is 2.20. The van der Waals surface area contributed by atoms with E-state index in [1.807, 2.05) is 37.4 Å². The molecule has 2 aromatic rings. The van der Waals surface area contributed by atoms with Crippen LogP contribution in [0.2, 0.25) is 0 Å². The summed E-state index contributed by atoms with van der Waals surface area (Å²) in [6.07, 6.45) is 0. The second kappa shape index (κ2) is 8.06. The van der Waals surface area contributed by atoms with E-state index >= 15 is 0 Å². The molecule has 128 valence electrons. The van der Waals surface area contributed by atoms with Crippen molar-refractivity contribution in [2.75, 3.05) is 11.9 Å². The van der Waals surface area contributed by atoms with Crippen LogP contribution in [0.4, 0.5) is 10.1 Å². The molecule has 0 radical (unpaired) electrons. The predicted molar refractivity (Wildman–Crippen MR) is 95.3 cm³/mol. The number of hydrogen-bond acceptors (Lipinski definition) is 1. The minimum atomic E-state index is -0.242. The van der Waals surface area contributed by atoms with Crippen LogP contribution in [0.15, 0.2) is 42.5 Å². The molecule has 1 amide bonds. The molecule has 1 atom stereocenters. The predicted octanol–water partition coefficient (Wildman–Crippen LogP) is 3.34. The van der Waals surface area contributed by atoms with Gasteiger partial charge in [-0.3, -0.25) is 4.79 Å². The Morgan fingerprint density at radius 2 is 1.67 bits per heavy atom. The summed E-state index contributed by atoms with van der Waals surface area (Å²) in [5.74, 6) is 0.0673. The molecular weight excluding hydrogens is 303 g/mol. The van der Waals surface area contributed by atoms with Gasteiger partial charge in [0.1, 0.15) is 11.9 Å². The lowest BCUT2D eigenvalue weighted by molar-refractivity contribution is -0.692. The summed E-state index contributed by atoms with van der Waals surface area (Å²) in [4.78, 5) is 12.3. The SMILES string of the molecule is Cc1cccc(C)c1NC(=O)C[NH2+][C@@H](c1ccc(F)cc1)C(C)C. The molecule has 0 fully saturated rings. The lowest BCUT2D eigenvalue weighted by Crippen LogP contribution is -2.88. The molecular formula is C20H26FN2O+. The fraction of sp³-hybridized carbons (Fsp3) is 0.350. The lowest BCUT2D eigenvalue weighted by Gasteiger charge is -2.20. The van der Waals surface area contributed by atoms with E-state index in [0.717, 1.165) is 22.4 Å². The Morgan fingerprint density at radius 3 is 2.21 bits per heavy atom. The Hall–Kier alpha value is -2.20. The molecule has 2 rings (SSSR count). The van der Waals surface area contributed by atoms with Gasteiger partial charge in [-0.15, -0.1) is 0 Å². The number of para-hydroxylation sites is 1. The van der Waals surface area contributed by atoms with E-state index in [9.17, 15) is 9.18 Å². The number of nitrogens with one attached hydrogen (secondary N) is 1. The first-order valence-electron chi connectivity index (χ1n) is 8.33.